The van der Waals surface area contributed by atoms with E-state index in [1.54, 1.807) is 11.3 Å². The number of anilines is 1. The third-order valence-corrected chi connectivity index (χ3v) is 5.88. The molecule has 0 saturated heterocycles. The number of hydrogen-bond acceptors (Lipinski definition) is 3. The predicted octanol–water partition coefficient (Wildman–Crippen LogP) is 4.76. The minimum atomic E-state index is 0.799. The maximum absolute atomic E-state index is 4.06. The van der Waals surface area contributed by atoms with Gasteiger partial charge in [-0.1, -0.05) is 12.1 Å². The van der Waals surface area contributed by atoms with Gasteiger partial charge in [-0.25, -0.2) is 0 Å². The topological polar surface area (TPSA) is 40.7 Å². The van der Waals surface area contributed by atoms with Crippen LogP contribution in [0.1, 0.15) is 4.88 Å². The zero-order valence-electron chi connectivity index (χ0n) is 9.21. The van der Waals surface area contributed by atoms with Gasteiger partial charge < -0.3 is 5.32 Å². The second-order valence-electron chi connectivity index (χ2n) is 3.83. The fourth-order valence-electron chi connectivity index (χ4n) is 1.78. The number of thiophene rings is 1. The van der Waals surface area contributed by atoms with Crippen LogP contribution in [0.4, 0.5) is 5.69 Å². The lowest BCUT2D eigenvalue weighted by molar-refractivity contribution is 1.11. The lowest BCUT2D eigenvalue weighted by atomic mass is 10.2. The minimum Gasteiger partial charge on any atom is -0.378 e. The molecule has 3 rings (SSSR count). The van der Waals surface area contributed by atoms with Gasteiger partial charge in [0, 0.05) is 21.3 Å². The maximum atomic E-state index is 4.06. The molecule has 0 aliphatic rings. The summed E-state index contributed by atoms with van der Waals surface area (Å²) in [5.41, 5.74) is 2.12. The second kappa shape index (κ2) is 5.03. The van der Waals surface area contributed by atoms with Crippen LogP contribution in [0.25, 0.3) is 10.9 Å². The Balaban J connectivity index is 1.82. The van der Waals surface area contributed by atoms with Gasteiger partial charge in [0.15, 0.2) is 0 Å². The highest BCUT2D eigenvalue weighted by atomic mass is 79.9. The Kier molecular flexibility index (Phi) is 3.41. The average Bonchev–Trinajstić information content (AvgIpc) is 2.94. The van der Waals surface area contributed by atoms with E-state index in [2.05, 4.69) is 59.5 Å². The number of para-hydroxylation sites is 1. The number of H-pyrrole nitrogens is 1. The van der Waals surface area contributed by atoms with Crippen LogP contribution in [-0.4, -0.2) is 10.2 Å². The molecule has 0 aliphatic heterocycles. The van der Waals surface area contributed by atoms with Gasteiger partial charge >= 0.3 is 0 Å². The van der Waals surface area contributed by atoms with Crippen LogP contribution in [0.15, 0.2) is 38.7 Å². The molecule has 2 N–H and O–H groups in total. The van der Waals surface area contributed by atoms with Crippen molar-refractivity contribution in [2.45, 2.75) is 6.54 Å². The summed E-state index contributed by atoms with van der Waals surface area (Å²) in [6.07, 6.45) is 1.83. The first-order valence-electron chi connectivity index (χ1n) is 5.34. The molecule has 0 aliphatic carbocycles. The molecule has 0 bridgehead atoms. The molecule has 6 heteroatoms. The van der Waals surface area contributed by atoms with E-state index in [-0.39, 0.29) is 0 Å². The van der Waals surface area contributed by atoms with Crippen molar-refractivity contribution in [1.82, 2.24) is 10.2 Å². The lowest BCUT2D eigenvalue weighted by Gasteiger charge is -2.05. The highest BCUT2D eigenvalue weighted by Gasteiger charge is 2.06. The summed E-state index contributed by atoms with van der Waals surface area (Å²) in [5, 5.41) is 11.6. The smallest absolute Gasteiger partial charge is 0.0881 e. The highest BCUT2D eigenvalue weighted by molar-refractivity contribution is 9.13. The lowest BCUT2D eigenvalue weighted by Crippen LogP contribution is -1.97. The summed E-state index contributed by atoms with van der Waals surface area (Å²) in [5.74, 6) is 0. The molecule has 92 valence electrons. The molecule has 0 unspecified atom stereocenters. The van der Waals surface area contributed by atoms with Crippen LogP contribution >= 0.6 is 43.2 Å². The Morgan fingerprint density at radius 1 is 1.33 bits per heavy atom. The highest BCUT2D eigenvalue weighted by Crippen LogP contribution is 2.33. The van der Waals surface area contributed by atoms with Gasteiger partial charge in [-0.3, -0.25) is 5.10 Å². The standard InChI is InChI=1S/C12H9Br2N3S/c13-9-4-8(18-12(9)14)6-15-10-3-1-2-7-5-16-17-11(7)10/h1-5,15H,6H2,(H,16,17). The molecule has 0 radical (unpaired) electrons. The quantitative estimate of drug-likeness (QED) is 0.681. The van der Waals surface area contributed by atoms with Crippen LogP contribution in [0, 0.1) is 0 Å². The van der Waals surface area contributed by atoms with Gasteiger partial charge in [0.25, 0.3) is 0 Å². The molecule has 1 aromatic carbocycles. The van der Waals surface area contributed by atoms with E-state index in [4.69, 9.17) is 0 Å². The van der Waals surface area contributed by atoms with Crippen molar-refractivity contribution >= 4 is 59.8 Å². The number of nitrogens with zero attached hydrogens (tertiary/aromatic N) is 1. The normalized spacial score (nSPS) is 11.0. The van der Waals surface area contributed by atoms with Crippen molar-refractivity contribution in [3.05, 3.63) is 43.6 Å². The first-order valence-corrected chi connectivity index (χ1v) is 7.74. The van der Waals surface area contributed by atoms with Crippen LogP contribution in [0.2, 0.25) is 0 Å². The molecule has 3 aromatic rings. The molecule has 0 atom stereocenters. The number of aromatic nitrogens is 2. The van der Waals surface area contributed by atoms with Gasteiger partial charge in [0.05, 0.1) is 21.2 Å². The second-order valence-corrected chi connectivity index (χ2v) is 7.14. The van der Waals surface area contributed by atoms with Crippen molar-refractivity contribution in [3.8, 4) is 0 Å². The van der Waals surface area contributed by atoms with Gasteiger partial charge in [-0.05, 0) is 44.0 Å². The van der Waals surface area contributed by atoms with Crippen molar-refractivity contribution in [3.63, 3.8) is 0 Å². The van der Waals surface area contributed by atoms with Crippen LogP contribution in [-0.2, 0) is 6.54 Å². The molecule has 2 heterocycles. The van der Waals surface area contributed by atoms with E-state index in [1.807, 2.05) is 18.3 Å². The number of halogens is 2. The maximum Gasteiger partial charge on any atom is 0.0881 e. The SMILES string of the molecule is Brc1cc(CNc2cccc3cn[nH]c23)sc1Br. The molecular formula is C12H9Br2N3S. The first-order chi connectivity index (χ1) is 8.74. The Morgan fingerprint density at radius 3 is 3.00 bits per heavy atom. The van der Waals surface area contributed by atoms with Crippen LogP contribution in [0.3, 0.4) is 0 Å². The van der Waals surface area contributed by atoms with Crippen LogP contribution < -0.4 is 5.32 Å². The Bertz CT molecular complexity index is 670. The Hall–Kier alpha value is -0.850. The van der Waals surface area contributed by atoms with E-state index in [9.17, 15) is 0 Å². The monoisotopic (exact) mass is 385 g/mol. The van der Waals surface area contributed by atoms with Crippen LogP contribution in [0.5, 0.6) is 0 Å². The number of aromatic amines is 1. The third-order valence-electron chi connectivity index (χ3n) is 2.63. The molecular weight excluding hydrogens is 378 g/mol. The molecule has 3 nitrogen and oxygen atoms in total. The van der Waals surface area contributed by atoms with Crippen molar-refractivity contribution in [2.24, 2.45) is 0 Å². The molecule has 0 spiro atoms. The van der Waals surface area contributed by atoms with Gasteiger partial charge in [0.1, 0.15) is 0 Å². The van der Waals surface area contributed by atoms with Gasteiger partial charge in [-0.2, -0.15) is 5.10 Å². The summed E-state index contributed by atoms with van der Waals surface area (Å²) in [6, 6.07) is 8.25. The van der Waals surface area contributed by atoms with Crippen molar-refractivity contribution < 1.29 is 0 Å². The number of hydrogen-bond donors (Lipinski definition) is 2. The summed E-state index contributed by atoms with van der Waals surface area (Å²) in [7, 11) is 0. The number of benzene rings is 1. The number of nitrogens with one attached hydrogen (secondary N) is 2. The predicted molar refractivity (Wildman–Crippen MR) is 83.1 cm³/mol. The van der Waals surface area contributed by atoms with Gasteiger partial charge in [-0.15, -0.1) is 11.3 Å². The minimum absolute atomic E-state index is 0.799. The van der Waals surface area contributed by atoms with E-state index < -0.39 is 0 Å². The Labute approximate surface area is 125 Å². The molecule has 0 amide bonds. The third kappa shape index (κ3) is 2.32. The molecule has 0 saturated carbocycles. The van der Waals surface area contributed by atoms with E-state index in [0.717, 1.165) is 31.4 Å². The van der Waals surface area contributed by atoms with Crippen molar-refractivity contribution in [2.75, 3.05) is 5.32 Å². The van der Waals surface area contributed by atoms with Crippen molar-refractivity contribution in [1.29, 1.82) is 0 Å². The summed E-state index contributed by atoms with van der Waals surface area (Å²) >= 11 is 8.72. The average molecular weight is 387 g/mol. The van der Waals surface area contributed by atoms with Gasteiger partial charge in [0.2, 0.25) is 0 Å². The zero-order chi connectivity index (χ0) is 12.5. The molecule has 2 aromatic heterocycles. The first kappa shape index (κ1) is 12.2. The summed E-state index contributed by atoms with van der Waals surface area (Å²) in [4.78, 5) is 1.27. The fraction of sp³-hybridized carbons (Fsp3) is 0.0833. The Morgan fingerprint density at radius 2 is 2.22 bits per heavy atom. The molecule has 0 fully saturated rings. The summed E-state index contributed by atoms with van der Waals surface area (Å²) in [6.45, 7) is 0.799. The van der Waals surface area contributed by atoms with E-state index in [1.165, 1.54) is 4.88 Å². The number of fused-ring (bicyclic) bond motifs is 1. The summed E-state index contributed by atoms with van der Waals surface area (Å²) < 4.78 is 2.23. The van der Waals surface area contributed by atoms with E-state index in [0.29, 0.717) is 0 Å². The zero-order valence-corrected chi connectivity index (χ0v) is 13.2. The number of rotatable bonds is 3. The fourth-order valence-corrected chi connectivity index (χ4v) is 3.89. The molecule has 18 heavy (non-hydrogen) atoms. The largest absolute Gasteiger partial charge is 0.378 e. The van der Waals surface area contributed by atoms with E-state index >= 15 is 0 Å².